The van der Waals surface area contributed by atoms with Gasteiger partial charge in [0.2, 0.25) is 14.6 Å². The Balaban J connectivity index is 1.98. The lowest BCUT2D eigenvalue weighted by molar-refractivity contribution is -0.144. The molecule has 0 heterocycles. The molecule has 5 rings (SSSR count). The van der Waals surface area contributed by atoms with E-state index in [-0.39, 0.29) is 17.3 Å². The molecule has 38 heavy (non-hydrogen) atoms. The number of fused-ring (bicyclic) bond motifs is 1. The monoisotopic (exact) mass is 522 g/mol. The van der Waals surface area contributed by atoms with E-state index in [0.717, 1.165) is 0 Å². The predicted octanol–water partition coefficient (Wildman–Crippen LogP) is 6.09. The zero-order chi connectivity index (χ0) is 26.9. The van der Waals surface area contributed by atoms with E-state index in [1.54, 1.807) is 73.7 Å². The van der Waals surface area contributed by atoms with Crippen LogP contribution < -0.4 is 0 Å². The van der Waals surface area contributed by atoms with Crippen molar-refractivity contribution in [3.63, 3.8) is 0 Å². The maximum absolute atomic E-state index is 14.8. The summed E-state index contributed by atoms with van der Waals surface area (Å²) in [6.45, 7) is 3.17. The second kappa shape index (κ2) is 9.88. The van der Waals surface area contributed by atoms with Crippen molar-refractivity contribution in [3.8, 4) is 0 Å². The smallest absolute Gasteiger partial charge is 0.337 e. The molecule has 1 atom stereocenters. The average molecular weight is 523 g/mol. The van der Waals surface area contributed by atoms with E-state index in [2.05, 4.69) is 0 Å². The molecular formula is C32H26O5S. The van der Waals surface area contributed by atoms with Crippen LogP contribution in [0.3, 0.4) is 0 Å². The van der Waals surface area contributed by atoms with E-state index in [4.69, 9.17) is 4.74 Å². The summed E-state index contributed by atoms with van der Waals surface area (Å²) in [5, 5.41) is 0. The number of hydrogen-bond donors (Lipinski definition) is 0. The number of Topliss-reactive ketones (excluding diaryl/α,β-unsaturated/α-hetero) is 1. The summed E-state index contributed by atoms with van der Waals surface area (Å²) in [7, 11) is -4.38. The van der Waals surface area contributed by atoms with E-state index in [1.165, 1.54) is 19.1 Å². The topological polar surface area (TPSA) is 77.5 Å². The standard InChI is InChI=1S/C32H26O5S/c1-3-37-31(34)32(38(35,36)26-14-8-5-9-15-26)28-17-11-10-16-27(28)29(30(32)25-12-6-4-7-13-25)24-20-18-23(19-21-24)22(2)33/h4-21H,3H2,1-2H3. The van der Waals surface area contributed by atoms with Crippen molar-refractivity contribution < 1.29 is 22.7 Å². The van der Waals surface area contributed by atoms with Crippen LogP contribution in [-0.2, 0) is 24.1 Å². The van der Waals surface area contributed by atoms with Crippen LogP contribution >= 0.6 is 0 Å². The van der Waals surface area contributed by atoms with Gasteiger partial charge in [-0.2, -0.15) is 0 Å². The van der Waals surface area contributed by atoms with Crippen LogP contribution in [0.2, 0.25) is 0 Å². The number of esters is 1. The zero-order valence-corrected chi connectivity index (χ0v) is 21.9. The molecule has 0 N–H and O–H groups in total. The number of benzene rings is 4. The SMILES string of the molecule is CCOC(=O)C1(S(=O)(=O)c2ccccc2)C(c2ccccc2)=C(c2ccc(C(C)=O)cc2)c2ccccc21. The van der Waals surface area contributed by atoms with Crippen molar-refractivity contribution in [2.75, 3.05) is 6.61 Å². The van der Waals surface area contributed by atoms with E-state index in [0.29, 0.717) is 39.0 Å². The van der Waals surface area contributed by atoms with Gasteiger partial charge in [-0.25, -0.2) is 13.2 Å². The van der Waals surface area contributed by atoms with Crippen molar-refractivity contribution in [2.24, 2.45) is 0 Å². The van der Waals surface area contributed by atoms with Crippen molar-refractivity contribution in [1.29, 1.82) is 0 Å². The Morgan fingerprint density at radius 2 is 1.32 bits per heavy atom. The third kappa shape index (κ3) is 3.80. The Bertz CT molecular complexity index is 1650. The highest BCUT2D eigenvalue weighted by Gasteiger charge is 2.62. The third-order valence-corrected chi connectivity index (χ3v) is 9.13. The van der Waals surface area contributed by atoms with Crippen LogP contribution in [0.15, 0.2) is 114 Å². The van der Waals surface area contributed by atoms with Crippen molar-refractivity contribution >= 4 is 32.7 Å². The lowest BCUT2D eigenvalue weighted by atomic mass is 9.88. The lowest BCUT2D eigenvalue weighted by Crippen LogP contribution is -2.45. The second-order valence-corrected chi connectivity index (χ2v) is 11.1. The van der Waals surface area contributed by atoms with Crippen LogP contribution in [0.1, 0.15) is 46.5 Å². The summed E-state index contributed by atoms with van der Waals surface area (Å²) in [5.74, 6) is -0.932. The summed E-state index contributed by atoms with van der Waals surface area (Å²) in [6.07, 6.45) is 0. The molecule has 0 saturated carbocycles. The number of carbonyl (C=O) groups is 2. The van der Waals surface area contributed by atoms with Crippen LogP contribution in [0.4, 0.5) is 0 Å². The normalized spacial score (nSPS) is 16.7. The van der Waals surface area contributed by atoms with Gasteiger partial charge in [-0.05, 0) is 53.8 Å². The largest absolute Gasteiger partial charge is 0.464 e. The average Bonchev–Trinajstić information content (AvgIpc) is 3.27. The number of ketones is 1. The lowest BCUT2D eigenvalue weighted by Gasteiger charge is -2.31. The first-order valence-electron chi connectivity index (χ1n) is 12.3. The van der Waals surface area contributed by atoms with E-state index in [1.807, 2.05) is 30.3 Å². The summed E-state index contributed by atoms with van der Waals surface area (Å²) >= 11 is 0. The Labute approximate surface area is 222 Å². The Morgan fingerprint density at radius 1 is 0.737 bits per heavy atom. The highest BCUT2D eigenvalue weighted by molar-refractivity contribution is 7.93. The van der Waals surface area contributed by atoms with Gasteiger partial charge in [0.25, 0.3) is 0 Å². The molecule has 1 aliphatic carbocycles. The summed E-state index contributed by atoms with van der Waals surface area (Å²) in [4.78, 5) is 26.2. The first-order chi connectivity index (χ1) is 18.3. The van der Waals surface area contributed by atoms with Crippen molar-refractivity contribution in [3.05, 3.63) is 137 Å². The molecule has 5 nitrogen and oxygen atoms in total. The molecule has 190 valence electrons. The minimum absolute atomic E-state index is 0.0117. The second-order valence-electron chi connectivity index (χ2n) is 9.01. The van der Waals surface area contributed by atoms with Crippen LogP contribution in [0.5, 0.6) is 0 Å². The highest BCUT2D eigenvalue weighted by atomic mass is 32.2. The molecule has 1 unspecified atom stereocenters. The van der Waals surface area contributed by atoms with E-state index in [9.17, 15) is 18.0 Å². The molecule has 0 spiro atoms. The minimum atomic E-state index is -4.38. The van der Waals surface area contributed by atoms with Gasteiger partial charge in [-0.3, -0.25) is 4.79 Å². The van der Waals surface area contributed by atoms with Crippen LogP contribution in [-0.4, -0.2) is 26.8 Å². The highest BCUT2D eigenvalue weighted by Crippen LogP contribution is 2.58. The number of hydrogen-bond acceptors (Lipinski definition) is 5. The van der Waals surface area contributed by atoms with Gasteiger partial charge >= 0.3 is 5.97 Å². The van der Waals surface area contributed by atoms with E-state index >= 15 is 0 Å². The Hall–Kier alpha value is -4.29. The van der Waals surface area contributed by atoms with Crippen LogP contribution in [0, 0.1) is 0 Å². The molecule has 1 aliphatic rings. The molecule has 4 aromatic rings. The maximum atomic E-state index is 14.8. The molecular weight excluding hydrogens is 496 g/mol. The van der Waals surface area contributed by atoms with Gasteiger partial charge in [0.15, 0.2) is 5.78 Å². The molecule has 4 aromatic carbocycles. The summed E-state index contributed by atoms with van der Waals surface area (Å²) in [5.41, 5.74) is 3.71. The quantitative estimate of drug-likeness (QED) is 0.217. The molecule has 0 aromatic heterocycles. The van der Waals surface area contributed by atoms with Crippen molar-refractivity contribution in [2.45, 2.75) is 23.5 Å². The number of carbonyl (C=O) groups excluding carboxylic acids is 2. The van der Waals surface area contributed by atoms with Gasteiger partial charge in [-0.15, -0.1) is 0 Å². The molecule has 6 heteroatoms. The molecule has 0 aliphatic heterocycles. The van der Waals surface area contributed by atoms with Crippen molar-refractivity contribution in [1.82, 2.24) is 0 Å². The molecule has 0 bridgehead atoms. The first-order valence-corrected chi connectivity index (χ1v) is 13.8. The van der Waals surface area contributed by atoms with Crippen LogP contribution in [0.25, 0.3) is 11.1 Å². The van der Waals surface area contributed by atoms with Gasteiger partial charge in [-0.1, -0.05) is 97.1 Å². The van der Waals surface area contributed by atoms with Gasteiger partial charge in [0, 0.05) is 11.1 Å². The van der Waals surface area contributed by atoms with Gasteiger partial charge in [0.05, 0.1) is 11.5 Å². The Kier molecular flexibility index (Phi) is 6.59. The molecule has 0 radical (unpaired) electrons. The summed E-state index contributed by atoms with van der Waals surface area (Å²) < 4.78 is 32.9. The first kappa shape index (κ1) is 25.4. The fraction of sp³-hybridized carbons (Fsp3) is 0.125. The fourth-order valence-corrected chi connectivity index (χ4v) is 7.29. The molecule has 0 fully saturated rings. The van der Waals surface area contributed by atoms with Gasteiger partial charge in [0.1, 0.15) is 0 Å². The fourth-order valence-electron chi connectivity index (χ4n) is 5.19. The van der Waals surface area contributed by atoms with E-state index < -0.39 is 20.6 Å². The third-order valence-electron chi connectivity index (χ3n) is 6.84. The minimum Gasteiger partial charge on any atom is -0.464 e. The molecule has 0 saturated heterocycles. The maximum Gasteiger partial charge on any atom is 0.337 e. The number of ether oxygens (including phenoxy) is 1. The van der Waals surface area contributed by atoms with Gasteiger partial charge < -0.3 is 4.74 Å². The predicted molar refractivity (Wildman–Crippen MR) is 147 cm³/mol. The molecule has 0 amide bonds. The number of rotatable bonds is 7. The number of sulfone groups is 1. The zero-order valence-electron chi connectivity index (χ0n) is 21.0. The Morgan fingerprint density at radius 3 is 1.92 bits per heavy atom. The summed E-state index contributed by atoms with van der Waals surface area (Å²) in [6, 6.07) is 31.2.